The number of phenolic OH excluding ortho intramolecular Hbond substituents is 2. The third-order valence-corrected chi connectivity index (χ3v) is 9.81. The van der Waals surface area contributed by atoms with E-state index in [0.717, 1.165) is 11.6 Å². The molecule has 2 heterocycles. The molecule has 0 spiro atoms. The molecule has 11 nitrogen and oxygen atoms in total. The van der Waals surface area contributed by atoms with Gasteiger partial charge < -0.3 is 44.7 Å². The summed E-state index contributed by atoms with van der Waals surface area (Å²) < 4.78 is 53.8. The van der Waals surface area contributed by atoms with E-state index in [0.29, 0.717) is 11.1 Å². The third-order valence-electron chi connectivity index (χ3n) is 9.81. The molecule has 1 saturated heterocycles. The molecule has 5 N–H and O–H groups in total. The maximum Gasteiger partial charge on any atom is 0.342 e. The maximum absolute atomic E-state index is 15.7. The van der Waals surface area contributed by atoms with Crippen molar-refractivity contribution in [3.8, 4) is 11.5 Å². The number of methoxy groups -OCH3 is 2. The number of halogens is 2. The highest BCUT2D eigenvalue weighted by atomic mass is 19.3. The van der Waals surface area contributed by atoms with Crippen molar-refractivity contribution in [2.45, 2.75) is 102 Å². The maximum atomic E-state index is 15.7. The molecule has 47 heavy (non-hydrogen) atoms. The largest absolute Gasteiger partial charge is 0.508 e. The SMILES string of the molecule is CO[C@@H](Cc1ccccc1)[C@H](O)C(=O)N[C@@H](OC)[C@@H]1CC(F)(F)C(C)(C)[C@@H](C[C@H](O)[C@@H](C)[C@H]2Cc3c(C)c(O)cc(O)c3C(=O)O2)O1. The number of amides is 1. The van der Waals surface area contributed by atoms with Crippen LogP contribution in [-0.2, 0) is 36.6 Å². The average Bonchev–Trinajstić information content (AvgIpc) is 3.02. The highest BCUT2D eigenvalue weighted by Crippen LogP contribution is 2.50. The number of hydrogen-bond donors (Lipinski definition) is 5. The van der Waals surface area contributed by atoms with Gasteiger partial charge in [-0.1, -0.05) is 51.1 Å². The first-order valence-corrected chi connectivity index (χ1v) is 15.6. The Hall–Kier alpha value is -3.36. The minimum Gasteiger partial charge on any atom is -0.508 e. The van der Waals surface area contributed by atoms with Crippen molar-refractivity contribution in [3.05, 3.63) is 58.7 Å². The van der Waals surface area contributed by atoms with Crippen LogP contribution in [0.1, 0.15) is 60.7 Å². The van der Waals surface area contributed by atoms with E-state index >= 15 is 8.78 Å². The van der Waals surface area contributed by atoms with Crippen molar-refractivity contribution in [2.75, 3.05) is 14.2 Å². The van der Waals surface area contributed by atoms with Crippen LogP contribution in [0.5, 0.6) is 11.5 Å². The predicted octanol–water partition coefficient (Wildman–Crippen LogP) is 3.40. The van der Waals surface area contributed by atoms with Gasteiger partial charge in [0.1, 0.15) is 29.3 Å². The molecule has 0 radical (unpaired) electrons. The first kappa shape index (κ1) is 36.5. The van der Waals surface area contributed by atoms with Crippen molar-refractivity contribution >= 4 is 11.9 Å². The van der Waals surface area contributed by atoms with Crippen LogP contribution in [0.25, 0.3) is 0 Å². The summed E-state index contributed by atoms with van der Waals surface area (Å²) in [5, 5.41) is 44.9. The number of hydrogen-bond acceptors (Lipinski definition) is 10. The van der Waals surface area contributed by atoms with Crippen LogP contribution in [-0.4, -0.2) is 95.3 Å². The zero-order valence-electron chi connectivity index (χ0n) is 27.4. The van der Waals surface area contributed by atoms with Gasteiger partial charge in [0.15, 0.2) is 12.3 Å². The molecule has 0 aromatic heterocycles. The van der Waals surface area contributed by atoms with Gasteiger partial charge in [0, 0.05) is 51.9 Å². The van der Waals surface area contributed by atoms with E-state index in [2.05, 4.69) is 5.32 Å². The number of rotatable bonds is 12. The topological polar surface area (TPSA) is 164 Å². The summed E-state index contributed by atoms with van der Waals surface area (Å²) in [6, 6.07) is 10.1. The summed E-state index contributed by atoms with van der Waals surface area (Å²) in [5.74, 6) is -6.42. The highest BCUT2D eigenvalue weighted by Gasteiger charge is 2.59. The summed E-state index contributed by atoms with van der Waals surface area (Å²) in [5.41, 5.74) is -0.236. The van der Waals surface area contributed by atoms with Crippen LogP contribution < -0.4 is 5.32 Å². The number of benzene rings is 2. The molecule has 0 saturated carbocycles. The zero-order chi connectivity index (χ0) is 34.8. The minimum atomic E-state index is -3.32. The van der Waals surface area contributed by atoms with E-state index in [1.165, 1.54) is 28.1 Å². The molecule has 2 aromatic carbocycles. The number of fused-ring (bicyclic) bond motifs is 1. The van der Waals surface area contributed by atoms with Crippen LogP contribution in [0, 0.1) is 18.3 Å². The van der Waals surface area contributed by atoms with E-state index in [4.69, 9.17) is 18.9 Å². The van der Waals surface area contributed by atoms with Crippen LogP contribution in [0.2, 0.25) is 0 Å². The lowest BCUT2D eigenvalue weighted by Gasteiger charge is -2.49. The Kier molecular flexibility index (Phi) is 11.2. The average molecular weight is 666 g/mol. The van der Waals surface area contributed by atoms with E-state index in [1.807, 2.05) is 30.3 Å². The molecule has 13 heteroatoms. The molecule has 0 unspecified atom stereocenters. The number of aliphatic hydroxyl groups is 2. The van der Waals surface area contributed by atoms with Gasteiger partial charge in [-0.25, -0.2) is 13.6 Å². The van der Waals surface area contributed by atoms with Gasteiger partial charge in [0.05, 0.1) is 23.7 Å². The van der Waals surface area contributed by atoms with Crippen LogP contribution in [0.3, 0.4) is 0 Å². The number of cyclic esters (lactones) is 1. The Balaban J connectivity index is 1.47. The van der Waals surface area contributed by atoms with E-state index in [-0.39, 0.29) is 30.6 Å². The lowest BCUT2D eigenvalue weighted by Crippen LogP contribution is -2.61. The number of aliphatic hydroxyl groups excluding tert-OH is 2. The molecular weight excluding hydrogens is 620 g/mol. The first-order chi connectivity index (χ1) is 22.0. The first-order valence-electron chi connectivity index (χ1n) is 15.6. The molecular formula is C34H45F2NO10. The third kappa shape index (κ3) is 7.54. The van der Waals surface area contributed by atoms with Crippen LogP contribution in [0.15, 0.2) is 36.4 Å². The van der Waals surface area contributed by atoms with Gasteiger partial charge >= 0.3 is 5.97 Å². The number of carbonyl (C=O) groups is 2. The van der Waals surface area contributed by atoms with Gasteiger partial charge in [-0.3, -0.25) is 4.79 Å². The number of alkyl halides is 2. The van der Waals surface area contributed by atoms with Gasteiger partial charge in [0.2, 0.25) is 0 Å². The lowest BCUT2D eigenvalue weighted by molar-refractivity contribution is -0.272. The molecule has 260 valence electrons. The Bertz CT molecular complexity index is 1420. The molecule has 4 rings (SSSR count). The number of phenols is 2. The molecule has 0 aliphatic carbocycles. The molecule has 2 aliphatic rings. The van der Waals surface area contributed by atoms with E-state index in [9.17, 15) is 30.0 Å². The number of nitrogens with one attached hydrogen (secondary N) is 1. The smallest absolute Gasteiger partial charge is 0.342 e. The second-order valence-corrected chi connectivity index (χ2v) is 13.1. The van der Waals surface area contributed by atoms with Crippen molar-refractivity contribution in [2.24, 2.45) is 11.3 Å². The Morgan fingerprint density at radius 1 is 1.09 bits per heavy atom. The van der Waals surface area contributed by atoms with E-state index in [1.54, 1.807) is 13.8 Å². The van der Waals surface area contributed by atoms with Crippen LogP contribution >= 0.6 is 0 Å². The standard InChI is InChI=1S/C34H45F2NO10/c1-17-20-13-24(47-32(43)28(20)23(40)14-21(17)38)18(2)22(39)15-27-33(3,4)34(35,36)16-26(46-27)31(45-6)37-30(42)29(41)25(44-5)12-19-10-8-7-9-11-19/h7-11,14,18,22,24-27,29,31,38-41H,12-13,15-16H2,1-6H3,(H,37,42)/t18-,22+,24-,25+,26+,27-,29+,31+/m1/s1. The fraction of sp³-hybridized carbons (Fsp3) is 0.588. The molecule has 2 aromatic rings. The molecule has 1 amide bonds. The summed E-state index contributed by atoms with van der Waals surface area (Å²) in [7, 11) is 2.57. The molecule has 0 bridgehead atoms. The molecule has 1 fully saturated rings. The normalized spacial score (nSPS) is 25.1. The summed E-state index contributed by atoms with van der Waals surface area (Å²) in [4.78, 5) is 25.8. The van der Waals surface area contributed by atoms with Crippen molar-refractivity contribution < 1.29 is 57.7 Å². The Morgan fingerprint density at radius 2 is 1.74 bits per heavy atom. The second-order valence-electron chi connectivity index (χ2n) is 13.1. The van der Waals surface area contributed by atoms with Gasteiger partial charge in [-0.15, -0.1) is 0 Å². The highest BCUT2D eigenvalue weighted by molar-refractivity contribution is 5.96. The van der Waals surface area contributed by atoms with Crippen molar-refractivity contribution in [3.63, 3.8) is 0 Å². The van der Waals surface area contributed by atoms with Crippen LogP contribution in [0.4, 0.5) is 8.78 Å². The molecule has 2 aliphatic heterocycles. The van der Waals surface area contributed by atoms with Crippen molar-refractivity contribution in [1.29, 1.82) is 0 Å². The van der Waals surface area contributed by atoms with E-state index < -0.39 is 84.2 Å². The zero-order valence-corrected chi connectivity index (χ0v) is 27.4. The number of ether oxygens (including phenoxy) is 4. The van der Waals surface area contributed by atoms with Crippen molar-refractivity contribution in [1.82, 2.24) is 5.32 Å². The van der Waals surface area contributed by atoms with Gasteiger partial charge in [0.25, 0.3) is 11.8 Å². The number of esters is 1. The summed E-state index contributed by atoms with van der Waals surface area (Å²) >= 11 is 0. The fourth-order valence-corrected chi connectivity index (χ4v) is 6.28. The Morgan fingerprint density at radius 3 is 2.36 bits per heavy atom. The lowest BCUT2D eigenvalue weighted by atomic mass is 9.72. The Labute approximate surface area is 272 Å². The molecule has 8 atom stereocenters. The quantitative estimate of drug-likeness (QED) is 0.168. The number of carbonyl (C=O) groups excluding carboxylic acids is 2. The summed E-state index contributed by atoms with van der Waals surface area (Å²) in [6.45, 7) is 5.86. The van der Waals surface area contributed by atoms with Gasteiger partial charge in [-0.05, 0) is 23.6 Å². The monoisotopic (exact) mass is 665 g/mol. The minimum absolute atomic E-state index is 0.0628. The fourth-order valence-electron chi connectivity index (χ4n) is 6.28. The summed E-state index contributed by atoms with van der Waals surface area (Å²) in [6.07, 6.45) is -9.48. The second kappa shape index (κ2) is 14.4. The predicted molar refractivity (Wildman–Crippen MR) is 165 cm³/mol. The number of aromatic hydroxyl groups is 2. The van der Waals surface area contributed by atoms with Gasteiger partial charge in [-0.2, -0.15) is 0 Å².